The molecule has 32 heavy (non-hydrogen) atoms. The topological polar surface area (TPSA) is 98.2 Å². The number of carbonyl (C=O) groups is 2. The Bertz CT molecular complexity index is 961. The molecule has 1 aromatic carbocycles. The van der Waals surface area contributed by atoms with Crippen molar-refractivity contribution in [2.24, 2.45) is 0 Å². The third-order valence-electron chi connectivity index (χ3n) is 5.22. The van der Waals surface area contributed by atoms with Crippen LogP contribution in [0.15, 0.2) is 36.4 Å². The van der Waals surface area contributed by atoms with E-state index in [1.165, 1.54) is 13.2 Å². The summed E-state index contributed by atoms with van der Waals surface area (Å²) >= 11 is 0. The van der Waals surface area contributed by atoms with Crippen molar-refractivity contribution in [2.45, 2.75) is 51.7 Å². The Hall–Kier alpha value is -3.29. The molecule has 0 unspecified atom stereocenters. The number of carboxylic acids is 1. The van der Waals surface area contributed by atoms with Crippen LogP contribution in [0.4, 0.5) is 4.79 Å². The van der Waals surface area contributed by atoms with E-state index in [0.29, 0.717) is 24.5 Å². The van der Waals surface area contributed by atoms with Crippen molar-refractivity contribution in [2.75, 3.05) is 20.2 Å². The van der Waals surface area contributed by atoms with Crippen LogP contribution in [-0.2, 0) is 11.3 Å². The number of pyridine rings is 1. The van der Waals surface area contributed by atoms with Gasteiger partial charge in [-0.25, -0.2) is 14.6 Å². The Morgan fingerprint density at radius 2 is 1.81 bits per heavy atom. The molecule has 2 heterocycles. The zero-order valence-corrected chi connectivity index (χ0v) is 19.0. The maximum atomic E-state index is 12.3. The van der Waals surface area contributed by atoms with E-state index in [1.807, 2.05) is 32.9 Å². The molecule has 0 radical (unpaired) electrons. The lowest BCUT2D eigenvalue weighted by Gasteiger charge is -2.33. The smallest absolute Gasteiger partial charge is 0.410 e. The number of piperidine rings is 1. The summed E-state index contributed by atoms with van der Waals surface area (Å²) in [5.74, 6) is -0.0887. The van der Waals surface area contributed by atoms with Crippen LogP contribution in [-0.4, -0.2) is 52.9 Å². The van der Waals surface area contributed by atoms with E-state index in [2.05, 4.69) is 4.98 Å². The highest BCUT2D eigenvalue weighted by molar-refractivity contribution is 5.91. The summed E-state index contributed by atoms with van der Waals surface area (Å²) in [7, 11) is 1.44. The summed E-state index contributed by atoms with van der Waals surface area (Å²) in [5, 5.41) is 9.33. The van der Waals surface area contributed by atoms with Crippen molar-refractivity contribution >= 4 is 12.1 Å². The van der Waals surface area contributed by atoms with Gasteiger partial charge in [0.15, 0.2) is 0 Å². The van der Waals surface area contributed by atoms with Gasteiger partial charge >= 0.3 is 12.1 Å². The third-order valence-corrected chi connectivity index (χ3v) is 5.22. The zero-order valence-electron chi connectivity index (χ0n) is 19.0. The van der Waals surface area contributed by atoms with Crippen molar-refractivity contribution < 1.29 is 28.9 Å². The first-order valence-electron chi connectivity index (χ1n) is 10.6. The van der Waals surface area contributed by atoms with E-state index in [9.17, 15) is 14.7 Å². The van der Waals surface area contributed by atoms with E-state index >= 15 is 0 Å². The summed E-state index contributed by atoms with van der Waals surface area (Å²) < 4.78 is 16.6. The average molecular weight is 443 g/mol. The van der Waals surface area contributed by atoms with Crippen LogP contribution in [0, 0.1) is 0 Å². The van der Waals surface area contributed by atoms with Gasteiger partial charge in [-0.05, 0) is 45.7 Å². The fourth-order valence-corrected chi connectivity index (χ4v) is 3.68. The minimum absolute atomic E-state index is 0.0899. The van der Waals surface area contributed by atoms with Crippen molar-refractivity contribution in [3.8, 4) is 11.6 Å². The zero-order chi connectivity index (χ0) is 23.3. The molecule has 0 aliphatic carbocycles. The van der Waals surface area contributed by atoms with Gasteiger partial charge in [0.2, 0.25) is 5.88 Å². The van der Waals surface area contributed by atoms with E-state index in [4.69, 9.17) is 14.2 Å². The quantitative estimate of drug-likeness (QED) is 0.704. The second-order valence-corrected chi connectivity index (χ2v) is 8.73. The molecule has 1 aliphatic rings. The van der Waals surface area contributed by atoms with Gasteiger partial charge < -0.3 is 24.2 Å². The summed E-state index contributed by atoms with van der Waals surface area (Å²) in [6.07, 6.45) is 1.31. The van der Waals surface area contributed by atoms with Gasteiger partial charge in [-0.15, -0.1) is 0 Å². The van der Waals surface area contributed by atoms with Gasteiger partial charge in [-0.2, -0.15) is 0 Å². The largest absolute Gasteiger partial charge is 0.495 e. The number of rotatable bonds is 6. The predicted molar refractivity (Wildman–Crippen MR) is 118 cm³/mol. The highest BCUT2D eigenvalue weighted by atomic mass is 16.6. The lowest BCUT2D eigenvalue weighted by Crippen LogP contribution is -2.41. The number of amides is 1. The number of carbonyl (C=O) groups excluding carboxylic acids is 1. The normalized spacial score (nSPS) is 14.7. The Labute approximate surface area is 188 Å². The Morgan fingerprint density at radius 3 is 2.44 bits per heavy atom. The van der Waals surface area contributed by atoms with Crippen LogP contribution in [0.25, 0.3) is 0 Å². The molecule has 1 amide bonds. The Balaban J connectivity index is 1.62. The molecule has 1 aliphatic heterocycles. The highest BCUT2D eigenvalue weighted by Gasteiger charge is 2.28. The number of nitrogens with zero attached hydrogens (tertiary/aromatic N) is 2. The molecule has 0 spiro atoms. The first kappa shape index (κ1) is 23.4. The van der Waals surface area contributed by atoms with E-state index in [-0.39, 0.29) is 29.9 Å². The van der Waals surface area contributed by atoms with Crippen LogP contribution in [0.3, 0.4) is 0 Å². The molecule has 1 fully saturated rings. The van der Waals surface area contributed by atoms with Crippen LogP contribution in [0.2, 0.25) is 0 Å². The number of benzene rings is 1. The number of aromatic nitrogens is 1. The van der Waals surface area contributed by atoms with Crippen LogP contribution >= 0.6 is 0 Å². The molecule has 3 rings (SSSR count). The number of methoxy groups -OCH3 is 1. The minimum atomic E-state index is -1.05. The molecule has 1 saturated heterocycles. The molecule has 0 bridgehead atoms. The van der Waals surface area contributed by atoms with Gasteiger partial charge in [0, 0.05) is 36.3 Å². The minimum Gasteiger partial charge on any atom is -0.495 e. The number of ether oxygens (including phenoxy) is 3. The van der Waals surface area contributed by atoms with E-state index in [0.717, 1.165) is 18.5 Å². The van der Waals surface area contributed by atoms with Gasteiger partial charge in [-0.1, -0.05) is 18.2 Å². The second kappa shape index (κ2) is 9.89. The van der Waals surface area contributed by atoms with Crippen LogP contribution in [0.1, 0.15) is 61.1 Å². The second-order valence-electron chi connectivity index (χ2n) is 8.73. The summed E-state index contributed by atoms with van der Waals surface area (Å²) in [6, 6.07) is 10.5. The number of carboxylic acid groups (broad SMARTS) is 1. The maximum Gasteiger partial charge on any atom is 0.410 e. The molecular weight excluding hydrogens is 412 g/mol. The van der Waals surface area contributed by atoms with Gasteiger partial charge in [0.05, 0.1) is 7.11 Å². The number of hydrogen-bond acceptors (Lipinski definition) is 6. The van der Waals surface area contributed by atoms with Crippen molar-refractivity contribution in [3.63, 3.8) is 0 Å². The molecule has 172 valence electrons. The number of aromatic carboxylic acids is 1. The summed E-state index contributed by atoms with van der Waals surface area (Å²) in [6.45, 7) is 6.95. The molecule has 1 aromatic heterocycles. The van der Waals surface area contributed by atoms with Crippen molar-refractivity contribution in [3.05, 3.63) is 53.2 Å². The average Bonchev–Trinajstić information content (AvgIpc) is 2.76. The van der Waals surface area contributed by atoms with Crippen LogP contribution < -0.4 is 9.47 Å². The Morgan fingerprint density at radius 1 is 1.12 bits per heavy atom. The van der Waals surface area contributed by atoms with E-state index in [1.54, 1.807) is 23.1 Å². The molecule has 2 aromatic rings. The summed E-state index contributed by atoms with van der Waals surface area (Å²) in [4.78, 5) is 30.0. The van der Waals surface area contributed by atoms with Crippen molar-refractivity contribution in [1.29, 1.82) is 0 Å². The highest BCUT2D eigenvalue weighted by Crippen LogP contribution is 2.29. The SMILES string of the molecule is COc1c(COc2cccc(C3CCN(C(=O)OC(C)(C)C)CC3)n2)cccc1C(=O)O. The maximum absolute atomic E-state index is 12.3. The molecule has 0 saturated carbocycles. The fourth-order valence-electron chi connectivity index (χ4n) is 3.68. The standard InChI is InChI=1S/C24H30N2O6/c1-24(2,3)32-23(29)26-13-11-16(12-14-26)19-9-6-10-20(25-19)31-15-17-7-5-8-18(22(27)28)21(17)30-4/h5-10,16H,11-15H2,1-4H3,(H,27,28). The number of likely N-dealkylation sites (tertiary alicyclic amines) is 1. The number of para-hydroxylation sites is 1. The lowest BCUT2D eigenvalue weighted by molar-refractivity contribution is 0.0203. The van der Waals surface area contributed by atoms with E-state index < -0.39 is 11.6 Å². The first-order chi connectivity index (χ1) is 15.2. The monoisotopic (exact) mass is 442 g/mol. The molecule has 8 nitrogen and oxygen atoms in total. The predicted octanol–water partition coefficient (Wildman–Crippen LogP) is 4.48. The third kappa shape index (κ3) is 5.90. The van der Waals surface area contributed by atoms with Gasteiger partial charge in [0.1, 0.15) is 23.5 Å². The Kier molecular flexibility index (Phi) is 7.22. The molecule has 0 atom stereocenters. The van der Waals surface area contributed by atoms with Gasteiger partial charge in [0.25, 0.3) is 0 Å². The first-order valence-corrected chi connectivity index (χ1v) is 10.6. The summed E-state index contributed by atoms with van der Waals surface area (Å²) in [5.41, 5.74) is 1.13. The lowest BCUT2D eigenvalue weighted by atomic mass is 9.93. The molecular formula is C24H30N2O6. The molecule has 1 N–H and O–H groups in total. The number of hydrogen-bond donors (Lipinski definition) is 1. The van der Waals surface area contributed by atoms with Crippen molar-refractivity contribution in [1.82, 2.24) is 9.88 Å². The molecule has 8 heteroatoms. The fraction of sp³-hybridized carbons (Fsp3) is 0.458. The van der Waals surface area contributed by atoms with Gasteiger partial charge in [-0.3, -0.25) is 0 Å². The van der Waals surface area contributed by atoms with Crippen LogP contribution in [0.5, 0.6) is 11.6 Å².